The maximum absolute atomic E-state index is 9.38. The lowest BCUT2D eigenvalue weighted by atomic mass is 10.0. The van der Waals surface area contributed by atoms with Gasteiger partial charge in [0.2, 0.25) is 0 Å². The van der Waals surface area contributed by atoms with Gasteiger partial charge in [0.15, 0.2) is 5.82 Å². The van der Waals surface area contributed by atoms with Crippen LogP contribution in [0, 0.1) is 11.3 Å². The Morgan fingerprint density at radius 1 is 1.25 bits per heavy atom. The summed E-state index contributed by atoms with van der Waals surface area (Å²) in [5.41, 5.74) is 2.59. The maximum atomic E-state index is 9.38. The molecule has 0 unspecified atom stereocenters. The molecule has 0 aromatic carbocycles. The van der Waals surface area contributed by atoms with Gasteiger partial charge in [0.1, 0.15) is 11.6 Å². The molecule has 1 aromatic rings. The third kappa shape index (κ3) is 3.91. The van der Waals surface area contributed by atoms with E-state index in [0.29, 0.717) is 17.4 Å². The van der Waals surface area contributed by atoms with Gasteiger partial charge >= 0.3 is 0 Å². The largest absolute Gasteiger partial charge is 0.366 e. The minimum absolute atomic E-state index is 0.506. The summed E-state index contributed by atoms with van der Waals surface area (Å²) in [6.45, 7) is 10.1. The van der Waals surface area contributed by atoms with Crippen LogP contribution in [0.25, 0.3) is 0 Å². The summed E-state index contributed by atoms with van der Waals surface area (Å²) in [5.74, 6) is 0.610. The maximum Gasteiger partial charge on any atom is 0.166 e. The molecule has 110 valence electrons. The third-order valence-corrected chi connectivity index (χ3v) is 3.60. The van der Waals surface area contributed by atoms with E-state index in [-0.39, 0.29) is 0 Å². The predicted octanol–water partition coefficient (Wildman–Crippen LogP) is 2.23. The normalized spacial score (nSPS) is 10.9. The average Bonchev–Trinajstić information content (AvgIpc) is 2.45. The Kier molecular flexibility index (Phi) is 6.40. The molecule has 0 saturated heterocycles. The monoisotopic (exact) mass is 275 g/mol. The molecule has 5 heteroatoms. The van der Waals surface area contributed by atoms with E-state index in [9.17, 15) is 5.26 Å². The van der Waals surface area contributed by atoms with Crippen molar-refractivity contribution in [2.45, 2.75) is 46.6 Å². The van der Waals surface area contributed by atoms with Crippen molar-refractivity contribution in [1.29, 1.82) is 5.26 Å². The molecular weight excluding hydrogens is 250 g/mol. The molecule has 5 nitrogen and oxygen atoms in total. The van der Waals surface area contributed by atoms with Crippen molar-refractivity contribution in [3.05, 3.63) is 16.8 Å². The van der Waals surface area contributed by atoms with Gasteiger partial charge in [-0.25, -0.2) is 0 Å². The summed E-state index contributed by atoms with van der Waals surface area (Å²) in [6, 6.07) is 2.78. The quantitative estimate of drug-likeness (QED) is 0.826. The number of nitrogens with one attached hydrogen (secondary N) is 1. The molecule has 0 saturated carbocycles. The molecule has 1 rings (SSSR count). The van der Waals surface area contributed by atoms with Gasteiger partial charge in [-0.2, -0.15) is 10.4 Å². The summed E-state index contributed by atoms with van der Waals surface area (Å²) in [4.78, 5) is 2.24. The highest BCUT2D eigenvalue weighted by atomic mass is 15.2. The molecule has 1 aromatic heterocycles. The highest BCUT2D eigenvalue weighted by Crippen LogP contribution is 2.19. The molecule has 0 aliphatic rings. The molecule has 0 aliphatic heterocycles. The lowest BCUT2D eigenvalue weighted by Gasteiger charge is -2.21. The van der Waals surface area contributed by atoms with Gasteiger partial charge in [0, 0.05) is 19.1 Å². The van der Waals surface area contributed by atoms with Gasteiger partial charge in [0.05, 0.1) is 5.69 Å². The van der Waals surface area contributed by atoms with Crippen LogP contribution in [-0.2, 0) is 12.8 Å². The number of aromatic nitrogens is 2. The second-order valence-corrected chi connectivity index (χ2v) is 5.17. The summed E-state index contributed by atoms with van der Waals surface area (Å²) in [7, 11) is 2.08. The Balaban J connectivity index is 2.83. The van der Waals surface area contributed by atoms with E-state index >= 15 is 0 Å². The molecule has 1 N–H and O–H groups in total. The molecular formula is C15H25N5. The van der Waals surface area contributed by atoms with Crippen LogP contribution >= 0.6 is 0 Å². The van der Waals surface area contributed by atoms with Crippen LogP contribution in [0.3, 0.4) is 0 Å². The molecule has 1 heterocycles. The Morgan fingerprint density at radius 3 is 2.45 bits per heavy atom. The van der Waals surface area contributed by atoms with Crippen LogP contribution in [0.5, 0.6) is 0 Å². The fourth-order valence-corrected chi connectivity index (χ4v) is 2.03. The number of likely N-dealkylation sites (N-methyl/N-ethyl adjacent to an activating group) is 1. The van der Waals surface area contributed by atoms with Crippen molar-refractivity contribution in [2.24, 2.45) is 0 Å². The number of nitrogens with zero attached hydrogens (tertiary/aromatic N) is 4. The first-order chi connectivity index (χ1) is 9.54. The number of aryl methyl sites for hydroxylation is 1. The number of nitriles is 1. The minimum atomic E-state index is 0.506. The van der Waals surface area contributed by atoms with Gasteiger partial charge in [-0.15, -0.1) is 5.10 Å². The van der Waals surface area contributed by atoms with E-state index in [1.165, 1.54) is 0 Å². The zero-order valence-electron chi connectivity index (χ0n) is 13.2. The predicted molar refractivity (Wildman–Crippen MR) is 81.8 cm³/mol. The van der Waals surface area contributed by atoms with Crippen LogP contribution in [0.2, 0.25) is 0 Å². The molecule has 0 spiro atoms. The third-order valence-electron chi connectivity index (χ3n) is 3.60. The van der Waals surface area contributed by atoms with Crippen LogP contribution in [-0.4, -0.2) is 41.3 Å². The first kappa shape index (κ1) is 16.4. The van der Waals surface area contributed by atoms with Crippen molar-refractivity contribution >= 4 is 5.82 Å². The molecule has 20 heavy (non-hydrogen) atoms. The second-order valence-electron chi connectivity index (χ2n) is 5.17. The Bertz CT molecular complexity index is 476. The highest BCUT2D eigenvalue weighted by Gasteiger charge is 2.14. The SMILES string of the molecule is CCc1nnc(NCCN(C)C(C)C)c(C#N)c1CC. The van der Waals surface area contributed by atoms with Gasteiger partial charge < -0.3 is 10.2 Å². The summed E-state index contributed by atoms with van der Waals surface area (Å²) in [6.07, 6.45) is 1.61. The standard InChI is InChI=1S/C15H25N5/c1-6-12-13(10-16)15(19-18-14(12)7-2)17-8-9-20(5)11(3)4/h11H,6-9H2,1-5H3,(H,17,19). The zero-order chi connectivity index (χ0) is 15.1. The number of hydrogen-bond acceptors (Lipinski definition) is 5. The molecule has 0 amide bonds. The number of rotatable bonds is 7. The van der Waals surface area contributed by atoms with E-state index in [2.05, 4.69) is 47.4 Å². The summed E-state index contributed by atoms with van der Waals surface area (Å²) < 4.78 is 0. The molecule has 0 bridgehead atoms. The Hall–Kier alpha value is -1.67. The smallest absolute Gasteiger partial charge is 0.166 e. The number of anilines is 1. The van der Waals surface area contributed by atoms with Gasteiger partial charge in [-0.05, 0) is 39.3 Å². The fraction of sp³-hybridized carbons (Fsp3) is 0.667. The van der Waals surface area contributed by atoms with E-state index < -0.39 is 0 Å². The first-order valence-corrected chi connectivity index (χ1v) is 7.27. The second kappa shape index (κ2) is 7.81. The lowest BCUT2D eigenvalue weighted by Crippen LogP contribution is -2.31. The highest BCUT2D eigenvalue weighted by molar-refractivity contribution is 5.56. The summed E-state index contributed by atoms with van der Waals surface area (Å²) >= 11 is 0. The first-order valence-electron chi connectivity index (χ1n) is 7.27. The van der Waals surface area contributed by atoms with E-state index in [1.807, 2.05) is 13.8 Å². The van der Waals surface area contributed by atoms with Gasteiger partial charge in [-0.3, -0.25) is 0 Å². The lowest BCUT2D eigenvalue weighted by molar-refractivity contribution is 0.284. The van der Waals surface area contributed by atoms with E-state index in [1.54, 1.807) is 0 Å². The van der Waals surface area contributed by atoms with Crippen molar-refractivity contribution in [3.8, 4) is 6.07 Å². The van der Waals surface area contributed by atoms with Crippen LogP contribution in [0.4, 0.5) is 5.82 Å². The average molecular weight is 275 g/mol. The molecule has 0 fully saturated rings. The van der Waals surface area contributed by atoms with Crippen molar-refractivity contribution < 1.29 is 0 Å². The van der Waals surface area contributed by atoms with E-state index in [0.717, 1.165) is 37.2 Å². The van der Waals surface area contributed by atoms with Crippen LogP contribution < -0.4 is 5.32 Å². The van der Waals surface area contributed by atoms with Crippen molar-refractivity contribution in [2.75, 3.05) is 25.5 Å². The Morgan fingerprint density at radius 2 is 1.95 bits per heavy atom. The Labute approximate surface area is 122 Å². The zero-order valence-corrected chi connectivity index (χ0v) is 13.2. The van der Waals surface area contributed by atoms with Crippen molar-refractivity contribution in [3.63, 3.8) is 0 Å². The molecule has 0 aliphatic carbocycles. The van der Waals surface area contributed by atoms with E-state index in [4.69, 9.17) is 0 Å². The molecule has 0 atom stereocenters. The number of hydrogen-bond donors (Lipinski definition) is 1. The molecule has 0 radical (unpaired) electrons. The van der Waals surface area contributed by atoms with Gasteiger partial charge in [-0.1, -0.05) is 13.8 Å². The van der Waals surface area contributed by atoms with Crippen molar-refractivity contribution in [1.82, 2.24) is 15.1 Å². The topological polar surface area (TPSA) is 64.8 Å². The van der Waals surface area contributed by atoms with Gasteiger partial charge in [0.25, 0.3) is 0 Å². The fourth-order valence-electron chi connectivity index (χ4n) is 2.03. The van der Waals surface area contributed by atoms with Crippen LogP contribution in [0.1, 0.15) is 44.5 Å². The minimum Gasteiger partial charge on any atom is -0.366 e. The summed E-state index contributed by atoms with van der Waals surface area (Å²) in [5, 5.41) is 21.0. The van der Waals surface area contributed by atoms with Crippen LogP contribution in [0.15, 0.2) is 0 Å².